The van der Waals surface area contributed by atoms with Crippen LogP contribution in [0.2, 0.25) is 5.15 Å². The van der Waals surface area contributed by atoms with Gasteiger partial charge in [0.2, 0.25) is 0 Å². The number of aliphatic carboxylic acids is 1. The number of nitrogens with zero attached hydrogens (tertiary/aromatic N) is 2. The molecule has 1 aliphatic rings. The van der Waals surface area contributed by atoms with E-state index >= 15 is 0 Å². The first kappa shape index (κ1) is 11.1. The van der Waals surface area contributed by atoms with Crippen LogP contribution in [0.5, 0.6) is 0 Å². The number of ketones is 1. The van der Waals surface area contributed by atoms with Crippen molar-refractivity contribution in [1.82, 2.24) is 9.55 Å². The predicted octanol–water partition coefficient (Wildman–Crippen LogP) is 1.24. The minimum Gasteiger partial charge on any atom is -0.481 e. The lowest BCUT2D eigenvalue weighted by Crippen LogP contribution is -2.49. The molecule has 16 heavy (non-hydrogen) atoms. The third-order valence-electron chi connectivity index (χ3n) is 2.99. The number of carboxylic acids is 1. The number of halogens is 1. The van der Waals surface area contributed by atoms with Crippen molar-refractivity contribution in [3.8, 4) is 0 Å². The van der Waals surface area contributed by atoms with Gasteiger partial charge in [0.05, 0.1) is 12.0 Å². The van der Waals surface area contributed by atoms with Crippen molar-refractivity contribution in [3.05, 3.63) is 17.2 Å². The summed E-state index contributed by atoms with van der Waals surface area (Å²) in [5.41, 5.74) is -0.718. The van der Waals surface area contributed by atoms with Crippen molar-refractivity contribution in [3.63, 3.8) is 0 Å². The summed E-state index contributed by atoms with van der Waals surface area (Å²) in [7, 11) is 0. The van der Waals surface area contributed by atoms with Crippen LogP contribution in [0.25, 0.3) is 0 Å². The van der Waals surface area contributed by atoms with Gasteiger partial charge in [-0.15, -0.1) is 0 Å². The lowest BCUT2D eigenvalue weighted by Gasteiger charge is -2.36. The Balaban J connectivity index is 2.52. The zero-order valence-electron chi connectivity index (χ0n) is 8.73. The maximum atomic E-state index is 11.3. The Bertz CT molecular complexity index is 459. The Morgan fingerprint density at radius 2 is 2.31 bits per heavy atom. The Morgan fingerprint density at radius 1 is 1.69 bits per heavy atom. The molecule has 1 aliphatic carbocycles. The van der Waals surface area contributed by atoms with Crippen LogP contribution in [0.1, 0.15) is 25.5 Å². The smallest absolute Gasteiger partial charge is 0.316 e. The van der Waals surface area contributed by atoms with Crippen LogP contribution >= 0.6 is 11.6 Å². The van der Waals surface area contributed by atoms with E-state index in [9.17, 15) is 14.7 Å². The number of carbonyl (C=O) groups excluding carboxylic acids is 1. The van der Waals surface area contributed by atoms with E-state index in [4.69, 9.17) is 11.6 Å². The molecule has 86 valence electrons. The molecular formula is C10H11ClN2O3. The largest absolute Gasteiger partial charge is 0.481 e. The fraction of sp³-hybridized carbons (Fsp3) is 0.500. The van der Waals surface area contributed by atoms with Gasteiger partial charge in [-0.1, -0.05) is 11.6 Å². The number of imidazole rings is 1. The van der Waals surface area contributed by atoms with Crippen LogP contribution in [0.3, 0.4) is 0 Å². The summed E-state index contributed by atoms with van der Waals surface area (Å²) in [5, 5.41) is 9.44. The number of aryl methyl sites for hydroxylation is 1. The molecule has 1 aromatic heterocycles. The number of hydrogen-bond donors (Lipinski definition) is 1. The molecule has 1 aromatic rings. The van der Waals surface area contributed by atoms with Crippen molar-refractivity contribution in [2.75, 3.05) is 0 Å². The van der Waals surface area contributed by atoms with Crippen molar-refractivity contribution < 1.29 is 14.7 Å². The predicted molar refractivity (Wildman–Crippen MR) is 56.5 cm³/mol. The Morgan fingerprint density at radius 3 is 2.75 bits per heavy atom. The Labute approximate surface area is 97.0 Å². The van der Waals surface area contributed by atoms with Crippen molar-refractivity contribution in [2.45, 2.75) is 31.7 Å². The molecule has 0 aromatic carbocycles. The SMILES string of the molecule is CCn1cnc(Cl)c1C1(C(=O)O)CC(=O)C1. The maximum Gasteiger partial charge on any atom is 0.316 e. The van der Waals surface area contributed by atoms with Gasteiger partial charge in [0.25, 0.3) is 0 Å². The second-order valence-electron chi connectivity index (χ2n) is 3.95. The minimum absolute atomic E-state index is 0.00769. The average Bonchev–Trinajstić information content (AvgIpc) is 2.54. The van der Waals surface area contributed by atoms with E-state index in [0.717, 1.165) is 0 Å². The minimum atomic E-state index is -1.17. The zero-order valence-corrected chi connectivity index (χ0v) is 9.49. The molecule has 5 nitrogen and oxygen atoms in total. The standard InChI is InChI=1S/C10H11ClN2O3/c1-2-13-5-12-8(11)7(13)10(9(15)16)3-6(14)4-10/h5H,2-4H2,1H3,(H,15,16). The number of hydrogen-bond acceptors (Lipinski definition) is 3. The normalized spacial score (nSPS) is 18.2. The van der Waals surface area contributed by atoms with E-state index < -0.39 is 11.4 Å². The third kappa shape index (κ3) is 1.35. The lowest BCUT2D eigenvalue weighted by molar-refractivity contribution is -0.153. The third-order valence-corrected chi connectivity index (χ3v) is 3.27. The molecule has 0 radical (unpaired) electrons. The highest BCUT2D eigenvalue weighted by molar-refractivity contribution is 6.30. The molecule has 0 saturated heterocycles. The maximum absolute atomic E-state index is 11.3. The van der Waals surface area contributed by atoms with E-state index in [1.54, 1.807) is 4.57 Å². The molecular weight excluding hydrogens is 232 g/mol. The quantitative estimate of drug-likeness (QED) is 0.866. The van der Waals surface area contributed by atoms with Crippen LogP contribution in [-0.4, -0.2) is 26.4 Å². The van der Waals surface area contributed by atoms with E-state index in [1.807, 2.05) is 6.92 Å². The first-order chi connectivity index (χ1) is 7.51. The zero-order chi connectivity index (χ0) is 11.9. The van der Waals surface area contributed by atoms with Gasteiger partial charge in [0, 0.05) is 19.4 Å². The molecule has 2 rings (SSSR count). The molecule has 0 bridgehead atoms. The molecule has 0 amide bonds. The second kappa shape index (κ2) is 3.59. The lowest BCUT2D eigenvalue weighted by atomic mass is 9.65. The monoisotopic (exact) mass is 242 g/mol. The highest BCUT2D eigenvalue weighted by Gasteiger charge is 2.54. The number of carboxylic acid groups (broad SMARTS) is 1. The summed E-state index contributed by atoms with van der Waals surface area (Å²) < 4.78 is 1.68. The second-order valence-corrected chi connectivity index (χ2v) is 4.31. The van der Waals surface area contributed by atoms with Gasteiger partial charge in [-0.25, -0.2) is 4.98 Å². The molecule has 0 spiro atoms. The van der Waals surface area contributed by atoms with E-state index in [2.05, 4.69) is 4.98 Å². The van der Waals surface area contributed by atoms with Crippen molar-refractivity contribution in [1.29, 1.82) is 0 Å². The number of rotatable bonds is 3. The number of Topliss-reactive ketones (excluding diaryl/α,β-unsaturated/α-hetero) is 1. The van der Waals surface area contributed by atoms with Gasteiger partial charge in [-0.2, -0.15) is 0 Å². The molecule has 0 atom stereocenters. The van der Waals surface area contributed by atoms with Crippen LogP contribution < -0.4 is 0 Å². The van der Waals surface area contributed by atoms with E-state index in [1.165, 1.54) is 6.33 Å². The first-order valence-corrected chi connectivity index (χ1v) is 5.35. The summed E-state index contributed by atoms with van der Waals surface area (Å²) in [6.07, 6.45) is 1.52. The molecule has 1 fully saturated rings. The Kier molecular flexibility index (Phi) is 2.50. The van der Waals surface area contributed by atoms with Gasteiger partial charge in [0.1, 0.15) is 11.2 Å². The van der Waals surface area contributed by atoms with Crippen LogP contribution in [0.4, 0.5) is 0 Å². The summed E-state index contributed by atoms with van der Waals surface area (Å²) >= 11 is 5.91. The molecule has 0 aliphatic heterocycles. The molecule has 1 N–H and O–H groups in total. The summed E-state index contributed by atoms with van der Waals surface area (Å²) in [6.45, 7) is 2.45. The summed E-state index contributed by atoms with van der Waals surface area (Å²) in [5.74, 6) is -1.06. The van der Waals surface area contributed by atoms with Crippen LogP contribution in [0, 0.1) is 0 Å². The van der Waals surface area contributed by atoms with E-state index in [0.29, 0.717) is 12.2 Å². The highest BCUT2D eigenvalue weighted by atomic mass is 35.5. The van der Waals surface area contributed by atoms with Gasteiger partial charge in [0.15, 0.2) is 5.15 Å². The van der Waals surface area contributed by atoms with Gasteiger partial charge in [-0.05, 0) is 6.92 Å². The van der Waals surface area contributed by atoms with Crippen molar-refractivity contribution >= 4 is 23.4 Å². The molecule has 6 heteroatoms. The molecule has 1 heterocycles. The fourth-order valence-corrected chi connectivity index (χ4v) is 2.44. The van der Waals surface area contributed by atoms with Gasteiger partial charge >= 0.3 is 5.97 Å². The van der Waals surface area contributed by atoms with Crippen molar-refractivity contribution in [2.24, 2.45) is 0 Å². The van der Waals surface area contributed by atoms with Gasteiger partial charge < -0.3 is 9.67 Å². The van der Waals surface area contributed by atoms with Gasteiger partial charge in [-0.3, -0.25) is 9.59 Å². The molecule has 0 unspecified atom stereocenters. The topological polar surface area (TPSA) is 72.2 Å². The highest BCUT2D eigenvalue weighted by Crippen LogP contribution is 2.44. The van der Waals surface area contributed by atoms with Crippen LogP contribution in [-0.2, 0) is 21.5 Å². The van der Waals surface area contributed by atoms with Crippen LogP contribution in [0.15, 0.2) is 6.33 Å². The summed E-state index contributed by atoms with van der Waals surface area (Å²) in [6, 6.07) is 0. The fourth-order valence-electron chi connectivity index (χ4n) is 2.11. The molecule has 1 saturated carbocycles. The Hall–Kier alpha value is -1.36. The summed E-state index contributed by atoms with van der Waals surface area (Å²) in [4.78, 5) is 26.3. The number of carbonyl (C=O) groups is 2. The first-order valence-electron chi connectivity index (χ1n) is 4.97. The number of aromatic nitrogens is 2. The average molecular weight is 243 g/mol. The van der Waals surface area contributed by atoms with E-state index in [-0.39, 0.29) is 23.8 Å².